The Kier molecular flexibility index (Phi) is 1.49. The molecule has 1 aliphatic heterocycles. The van der Waals surface area contributed by atoms with Crippen molar-refractivity contribution in [3.63, 3.8) is 0 Å². The Morgan fingerprint density at radius 3 is 2.50 bits per heavy atom. The summed E-state index contributed by atoms with van der Waals surface area (Å²) in [7, 11) is 0. The van der Waals surface area contributed by atoms with Crippen molar-refractivity contribution in [2.75, 3.05) is 6.54 Å². The topological polar surface area (TPSA) is 49.3 Å². The van der Waals surface area contributed by atoms with Gasteiger partial charge in [-0.15, -0.1) is 0 Å². The average Bonchev–Trinajstić information content (AvgIpc) is 2.77. The second kappa shape index (κ2) is 2.22. The molecule has 2 fully saturated rings. The van der Waals surface area contributed by atoms with Gasteiger partial charge < -0.3 is 10.4 Å². The fourth-order valence-electron chi connectivity index (χ4n) is 2.37. The molecule has 3 nitrogen and oxygen atoms in total. The molecule has 68 valence electrons. The van der Waals surface area contributed by atoms with Crippen molar-refractivity contribution in [2.24, 2.45) is 5.41 Å². The van der Waals surface area contributed by atoms with Crippen molar-refractivity contribution in [3.05, 3.63) is 0 Å². The third-order valence-electron chi connectivity index (χ3n) is 3.60. The number of hydrogen-bond donors (Lipinski definition) is 2. The minimum atomic E-state index is -0.632. The van der Waals surface area contributed by atoms with Gasteiger partial charge in [0.2, 0.25) is 0 Å². The van der Waals surface area contributed by atoms with Gasteiger partial charge in [0.25, 0.3) is 0 Å². The molecule has 2 rings (SSSR count). The van der Waals surface area contributed by atoms with E-state index in [1.165, 1.54) is 0 Å². The standard InChI is InChI=1S/C9H15NO2/c1-8(7(11)12)3-2-6-10-9(8)4-5-9/h10H,2-6H2,1H3,(H,11,12). The Hall–Kier alpha value is -0.570. The predicted octanol–water partition coefficient (Wildman–Crippen LogP) is 0.993. The second-order valence-corrected chi connectivity index (χ2v) is 4.25. The van der Waals surface area contributed by atoms with E-state index in [0.717, 1.165) is 32.2 Å². The van der Waals surface area contributed by atoms with Gasteiger partial charge in [-0.1, -0.05) is 0 Å². The van der Waals surface area contributed by atoms with Crippen LogP contribution < -0.4 is 5.32 Å². The molecule has 0 aromatic rings. The van der Waals surface area contributed by atoms with E-state index < -0.39 is 11.4 Å². The number of nitrogens with one attached hydrogen (secondary N) is 1. The normalized spacial score (nSPS) is 38.1. The molecule has 1 saturated heterocycles. The molecule has 0 radical (unpaired) electrons. The highest BCUT2D eigenvalue weighted by Crippen LogP contribution is 2.54. The SMILES string of the molecule is CC1(C(=O)O)CCCNC12CC2. The van der Waals surface area contributed by atoms with E-state index in [4.69, 9.17) is 5.11 Å². The first-order chi connectivity index (χ1) is 5.61. The summed E-state index contributed by atoms with van der Waals surface area (Å²) in [4.78, 5) is 11.1. The van der Waals surface area contributed by atoms with E-state index in [1.54, 1.807) is 0 Å². The van der Waals surface area contributed by atoms with Crippen LogP contribution in [0, 0.1) is 5.41 Å². The van der Waals surface area contributed by atoms with Crippen molar-refractivity contribution in [1.82, 2.24) is 5.32 Å². The number of carboxylic acid groups (broad SMARTS) is 1. The number of piperidine rings is 1. The third kappa shape index (κ3) is 0.829. The number of rotatable bonds is 1. The molecule has 0 aromatic carbocycles. The molecule has 3 heteroatoms. The lowest BCUT2D eigenvalue weighted by Gasteiger charge is -2.39. The summed E-state index contributed by atoms with van der Waals surface area (Å²) in [5.41, 5.74) is -0.553. The van der Waals surface area contributed by atoms with Crippen LogP contribution in [-0.4, -0.2) is 23.2 Å². The van der Waals surface area contributed by atoms with Crippen molar-refractivity contribution >= 4 is 5.97 Å². The van der Waals surface area contributed by atoms with Gasteiger partial charge >= 0.3 is 5.97 Å². The maximum absolute atomic E-state index is 11.1. The van der Waals surface area contributed by atoms with Gasteiger partial charge in [0, 0.05) is 5.54 Å². The molecule has 0 amide bonds. The van der Waals surface area contributed by atoms with E-state index >= 15 is 0 Å². The maximum Gasteiger partial charge on any atom is 0.311 e. The Morgan fingerprint density at radius 1 is 1.42 bits per heavy atom. The van der Waals surface area contributed by atoms with Crippen LogP contribution >= 0.6 is 0 Å². The molecule has 1 atom stereocenters. The van der Waals surface area contributed by atoms with E-state index in [2.05, 4.69) is 5.32 Å². The lowest BCUT2D eigenvalue weighted by atomic mass is 9.73. The van der Waals surface area contributed by atoms with E-state index in [1.807, 2.05) is 6.92 Å². The quantitative estimate of drug-likeness (QED) is 0.615. The number of aliphatic carboxylic acids is 1. The highest BCUT2D eigenvalue weighted by Gasteiger charge is 2.61. The molecular weight excluding hydrogens is 154 g/mol. The van der Waals surface area contributed by atoms with Crippen LogP contribution in [0.4, 0.5) is 0 Å². The Labute approximate surface area is 72.2 Å². The van der Waals surface area contributed by atoms with Gasteiger partial charge in [-0.2, -0.15) is 0 Å². The van der Waals surface area contributed by atoms with Gasteiger partial charge in [-0.05, 0) is 39.2 Å². The highest BCUT2D eigenvalue weighted by atomic mass is 16.4. The van der Waals surface area contributed by atoms with Crippen LogP contribution in [0.2, 0.25) is 0 Å². The molecule has 1 unspecified atom stereocenters. The zero-order valence-corrected chi connectivity index (χ0v) is 7.39. The van der Waals surface area contributed by atoms with Gasteiger partial charge in [0.1, 0.15) is 0 Å². The van der Waals surface area contributed by atoms with Crippen LogP contribution in [0.15, 0.2) is 0 Å². The van der Waals surface area contributed by atoms with Crippen LogP contribution in [0.5, 0.6) is 0 Å². The molecule has 1 spiro atoms. The minimum absolute atomic E-state index is 0.0446. The molecular formula is C9H15NO2. The first-order valence-electron chi connectivity index (χ1n) is 4.59. The predicted molar refractivity (Wildman–Crippen MR) is 44.9 cm³/mol. The molecule has 1 heterocycles. The summed E-state index contributed by atoms with van der Waals surface area (Å²) in [6.07, 6.45) is 3.89. The number of hydrogen-bond acceptors (Lipinski definition) is 2. The zero-order chi connectivity index (χ0) is 8.82. The van der Waals surface area contributed by atoms with E-state index in [0.29, 0.717) is 0 Å². The van der Waals surface area contributed by atoms with Crippen molar-refractivity contribution in [1.29, 1.82) is 0 Å². The maximum atomic E-state index is 11.1. The second-order valence-electron chi connectivity index (χ2n) is 4.25. The smallest absolute Gasteiger partial charge is 0.311 e. The van der Waals surface area contributed by atoms with Crippen LogP contribution in [0.3, 0.4) is 0 Å². The monoisotopic (exact) mass is 169 g/mol. The van der Waals surface area contributed by atoms with Crippen molar-refractivity contribution in [2.45, 2.75) is 38.1 Å². The summed E-state index contributed by atoms with van der Waals surface area (Å²) in [6.45, 7) is 2.87. The first-order valence-corrected chi connectivity index (χ1v) is 4.59. The van der Waals surface area contributed by atoms with Gasteiger partial charge in [0.15, 0.2) is 0 Å². The average molecular weight is 169 g/mol. The summed E-state index contributed by atoms with van der Waals surface area (Å²) in [5, 5.41) is 12.5. The zero-order valence-electron chi connectivity index (χ0n) is 7.39. The largest absolute Gasteiger partial charge is 0.481 e. The van der Waals surface area contributed by atoms with E-state index in [-0.39, 0.29) is 5.54 Å². The van der Waals surface area contributed by atoms with Crippen molar-refractivity contribution in [3.8, 4) is 0 Å². The fourth-order valence-corrected chi connectivity index (χ4v) is 2.37. The molecule has 1 aliphatic carbocycles. The highest BCUT2D eigenvalue weighted by molar-refractivity contribution is 5.77. The van der Waals surface area contributed by atoms with Gasteiger partial charge in [-0.25, -0.2) is 0 Å². The van der Waals surface area contributed by atoms with Crippen molar-refractivity contribution < 1.29 is 9.90 Å². The molecule has 2 N–H and O–H groups in total. The molecule has 0 bridgehead atoms. The summed E-state index contributed by atoms with van der Waals surface area (Å²) >= 11 is 0. The fraction of sp³-hybridized carbons (Fsp3) is 0.889. The van der Waals surface area contributed by atoms with Gasteiger partial charge in [0.05, 0.1) is 5.41 Å². The lowest BCUT2D eigenvalue weighted by Crippen LogP contribution is -2.54. The van der Waals surface area contributed by atoms with Crippen LogP contribution in [0.25, 0.3) is 0 Å². The Balaban J connectivity index is 2.26. The number of carbonyl (C=O) groups is 1. The van der Waals surface area contributed by atoms with Crippen LogP contribution in [0.1, 0.15) is 32.6 Å². The summed E-state index contributed by atoms with van der Waals surface area (Å²) in [5.74, 6) is -0.632. The molecule has 0 aromatic heterocycles. The Morgan fingerprint density at radius 2 is 2.08 bits per heavy atom. The van der Waals surface area contributed by atoms with E-state index in [9.17, 15) is 4.79 Å². The number of carboxylic acids is 1. The third-order valence-corrected chi connectivity index (χ3v) is 3.60. The molecule has 1 saturated carbocycles. The van der Waals surface area contributed by atoms with Gasteiger partial charge in [-0.3, -0.25) is 4.79 Å². The Bertz CT molecular complexity index is 223. The first kappa shape index (κ1) is 8.05. The minimum Gasteiger partial charge on any atom is -0.481 e. The lowest BCUT2D eigenvalue weighted by molar-refractivity contribution is -0.152. The van der Waals surface area contributed by atoms with Crippen LogP contribution in [-0.2, 0) is 4.79 Å². The molecule has 2 aliphatic rings. The molecule has 12 heavy (non-hydrogen) atoms. The summed E-state index contributed by atoms with van der Waals surface area (Å²) in [6, 6.07) is 0. The summed E-state index contributed by atoms with van der Waals surface area (Å²) < 4.78 is 0.